The first-order valence-electron chi connectivity index (χ1n) is 10.4. The van der Waals surface area contributed by atoms with Crippen LogP contribution in [0.2, 0.25) is 10.0 Å². The Balaban J connectivity index is 1.63. The van der Waals surface area contributed by atoms with Gasteiger partial charge in [-0.1, -0.05) is 47.6 Å². The number of benzene rings is 1. The molecule has 4 rings (SSSR count). The van der Waals surface area contributed by atoms with Crippen LogP contribution < -0.4 is 15.6 Å². The standard InChI is InChI=1S/C22H24Cl2N4O4/c1-12-18(22(30)28(27(12)2)13-7-5-4-6-8-13)25-21(29)19-17(24)20(32-26-19)15-10-9-14(31-3)11-16(15)23/h9-11,13H,4-8H2,1-3H3,(H,25,29). The number of anilines is 1. The first-order chi connectivity index (χ1) is 15.3. The van der Waals surface area contributed by atoms with Crippen LogP contribution in [0.4, 0.5) is 5.69 Å². The summed E-state index contributed by atoms with van der Waals surface area (Å²) in [6.45, 7) is 1.79. The molecule has 0 bridgehead atoms. The summed E-state index contributed by atoms with van der Waals surface area (Å²) in [4.78, 5) is 26.1. The molecule has 2 heterocycles. The third-order valence-electron chi connectivity index (χ3n) is 6.02. The molecule has 3 aromatic rings. The number of amides is 1. The zero-order valence-electron chi connectivity index (χ0n) is 18.1. The SMILES string of the molecule is COc1ccc(-c2onc(C(=O)Nc3c(C)n(C)n(C4CCCCC4)c3=O)c2Cl)c(Cl)c1. The summed E-state index contributed by atoms with van der Waals surface area (Å²) < 4.78 is 14.0. The zero-order chi connectivity index (χ0) is 23.0. The monoisotopic (exact) mass is 478 g/mol. The molecule has 1 aliphatic rings. The maximum atomic E-state index is 13.1. The smallest absolute Gasteiger partial charge is 0.291 e. The van der Waals surface area contributed by atoms with E-state index >= 15 is 0 Å². The predicted octanol–water partition coefficient (Wildman–Crippen LogP) is 5.22. The van der Waals surface area contributed by atoms with Crippen molar-refractivity contribution in [2.24, 2.45) is 7.05 Å². The molecule has 0 unspecified atom stereocenters. The summed E-state index contributed by atoms with van der Waals surface area (Å²) >= 11 is 12.7. The van der Waals surface area contributed by atoms with Gasteiger partial charge in [-0.25, -0.2) is 4.68 Å². The van der Waals surface area contributed by atoms with Crippen molar-refractivity contribution in [1.29, 1.82) is 0 Å². The first kappa shape index (κ1) is 22.5. The van der Waals surface area contributed by atoms with E-state index in [9.17, 15) is 9.59 Å². The van der Waals surface area contributed by atoms with Crippen LogP contribution in [0.1, 0.15) is 54.3 Å². The average Bonchev–Trinajstić information content (AvgIpc) is 3.27. The van der Waals surface area contributed by atoms with Gasteiger partial charge in [0.15, 0.2) is 11.5 Å². The molecule has 0 spiro atoms. The number of hydrogen-bond acceptors (Lipinski definition) is 5. The number of carbonyl (C=O) groups is 1. The van der Waals surface area contributed by atoms with Crippen LogP contribution in [-0.2, 0) is 7.05 Å². The van der Waals surface area contributed by atoms with Gasteiger partial charge in [0.1, 0.15) is 16.5 Å². The molecule has 1 N–H and O–H groups in total. The van der Waals surface area contributed by atoms with Crippen molar-refractivity contribution in [2.75, 3.05) is 12.4 Å². The Morgan fingerprint density at radius 3 is 2.62 bits per heavy atom. The van der Waals surface area contributed by atoms with Crippen LogP contribution in [0.5, 0.6) is 5.75 Å². The highest BCUT2D eigenvalue weighted by Crippen LogP contribution is 2.37. The number of nitrogens with zero attached hydrogens (tertiary/aromatic N) is 3. The van der Waals surface area contributed by atoms with Gasteiger partial charge in [-0.15, -0.1) is 0 Å². The van der Waals surface area contributed by atoms with Crippen LogP contribution >= 0.6 is 23.2 Å². The highest BCUT2D eigenvalue weighted by molar-refractivity contribution is 6.38. The molecule has 10 heteroatoms. The van der Waals surface area contributed by atoms with Crippen molar-refractivity contribution < 1.29 is 14.1 Å². The molecule has 32 heavy (non-hydrogen) atoms. The van der Waals surface area contributed by atoms with Crippen molar-refractivity contribution >= 4 is 34.8 Å². The van der Waals surface area contributed by atoms with E-state index in [1.54, 1.807) is 34.5 Å². The van der Waals surface area contributed by atoms with Crippen molar-refractivity contribution in [1.82, 2.24) is 14.5 Å². The Morgan fingerprint density at radius 1 is 1.25 bits per heavy atom. The van der Waals surface area contributed by atoms with Crippen LogP contribution in [-0.4, -0.2) is 27.5 Å². The molecule has 1 fully saturated rings. The minimum absolute atomic E-state index is 0.00996. The normalized spacial score (nSPS) is 14.5. The molecule has 170 valence electrons. The lowest BCUT2D eigenvalue weighted by atomic mass is 9.96. The molecule has 8 nitrogen and oxygen atoms in total. The van der Waals surface area contributed by atoms with E-state index in [0.29, 0.717) is 22.0 Å². The van der Waals surface area contributed by atoms with E-state index in [2.05, 4.69) is 10.5 Å². The lowest BCUT2D eigenvalue weighted by molar-refractivity contribution is 0.101. The first-order valence-corrected chi connectivity index (χ1v) is 11.2. The second kappa shape index (κ2) is 9.03. The topological polar surface area (TPSA) is 91.3 Å². The van der Waals surface area contributed by atoms with Crippen molar-refractivity contribution in [3.63, 3.8) is 0 Å². The summed E-state index contributed by atoms with van der Waals surface area (Å²) in [5, 5.41) is 6.85. The zero-order valence-corrected chi connectivity index (χ0v) is 19.6. The maximum absolute atomic E-state index is 13.1. The third kappa shape index (κ3) is 3.93. The predicted molar refractivity (Wildman–Crippen MR) is 123 cm³/mol. The minimum Gasteiger partial charge on any atom is -0.497 e. The van der Waals surface area contributed by atoms with Crippen molar-refractivity contribution in [3.8, 4) is 17.1 Å². The second-order valence-corrected chi connectivity index (χ2v) is 8.68. The number of hydrogen-bond donors (Lipinski definition) is 1. The quantitative estimate of drug-likeness (QED) is 0.542. The lowest BCUT2D eigenvalue weighted by Crippen LogP contribution is -2.29. The van der Waals surface area contributed by atoms with Gasteiger partial charge >= 0.3 is 0 Å². The number of aromatic nitrogens is 3. The fraction of sp³-hybridized carbons (Fsp3) is 0.409. The Labute approximate surface area is 195 Å². The molecule has 0 atom stereocenters. The molecule has 1 saturated carbocycles. The van der Waals surface area contributed by atoms with Crippen molar-refractivity contribution in [3.05, 3.63) is 50.0 Å². The second-order valence-electron chi connectivity index (χ2n) is 7.90. The van der Waals surface area contributed by atoms with Gasteiger partial charge in [0.05, 0.1) is 23.9 Å². The maximum Gasteiger partial charge on any atom is 0.291 e. The van der Waals surface area contributed by atoms with Crippen LogP contribution in [0.15, 0.2) is 27.5 Å². The van der Waals surface area contributed by atoms with E-state index in [0.717, 1.165) is 25.7 Å². The summed E-state index contributed by atoms with van der Waals surface area (Å²) in [5.41, 5.74) is 0.987. The number of carbonyl (C=O) groups excluding carboxylic acids is 1. The molecular weight excluding hydrogens is 455 g/mol. The van der Waals surface area contributed by atoms with Crippen LogP contribution in [0.3, 0.4) is 0 Å². The van der Waals surface area contributed by atoms with E-state index in [1.807, 2.05) is 7.05 Å². The molecule has 0 radical (unpaired) electrons. The van der Waals surface area contributed by atoms with Gasteiger partial charge in [-0.2, -0.15) is 0 Å². The van der Waals surface area contributed by atoms with E-state index in [4.69, 9.17) is 32.5 Å². The third-order valence-corrected chi connectivity index (χ3v) is 6.69. The Morgan fingerprint density at radius 2 is 1.97 bits per heavy atom. The molecule has 1 aliphatic carbocycles. The van der Waals surface area contributed by atoms with Gasteiger partial charge in [0.25, 0.3) is 11.5 Å². The number of halogens is 2. The van der Waals surface area contributed by atoms with Crippen LogP contribution in [0.25, 0.3) is 11.3 Å². The Bertz CT molecular complexity index is 1220. The Hall–Kier alpha value is -2.71. The highest BCUT2D eigenvalue weighted by Gasteiger charge is 2.27. The molecule has 0 aliphatic heterocycles. The van der Waals surface area contributed by atoms with Crippen molar-refractivity contribution in [2.45, 2.75) is 45.1 Å². The minimum atomic E-state index is -0.628. The number of methoxy groups -OCH3 is 1. The molecule has 0 saturated heterocycles. The van der Waals surface area contributed by atoms with Gasteiger partial charge in [0.2, 0.25) is 0 Å². The summed E-state index contributed by atoms with van der Waals surface area (Å²) in [6, 6.07) is 5.10. The molecular formula is C22H24Cl2N4O4. The van der Waals surface area contributed by atoms with E-state index in [-0.39, 0.29) is 33.8 Å². The summed E-state index contributed by atoms with van der Waals surface area (Å²) in [5.74, 6) is 0.103. The summed E-state index contributed by atoms with van der Waals surface area (Å²) in [7, 11) is 3.36. The number of rotatable bonds is 5. The average molecular weight is 479 g/mol. The molecule has 1 amide bonds. The molecule has 2 aromatic heterocycles. The van der Waals surface area contributed by atoms with E-state index in [1.165, 1.54) is 13.5 Å². The highest BCUT2D eigenvalue weighted by atomic mass is 35.5. The van der Waals surface area contributed by atoms with Gasteiger partial charge < -0.3 is 14.6 Å². The van der Waals surface area contributed by atoms with Crippen LogP contribution in [0, 0.1) is 6.92 Å². The largest absolute Gasteiger partial charge is 0.497 e. The lowest BCUT2D eigenvalue weighted by Gasteiger charge is -2.24. The number of ether oxygens (including phenoxy) is 1. The molecule has 1 aromatic carbocycles. The van der Waals surface area contributed by atoms with Gasteiger partial charge in [-0.05, 0) is 38.0 Å². The van der Waals surface area contributed by atoms with E-state index < -0.39 is 5.91 Å². The fourth-order valence-electron chi connectivity index (χ4n) is 4.18. The summed E-state index contributed by atoms with van der Waals surface area (Å²) in [6.07, 6.45) is 5.27. The Kier molecular flexibility index (Phi) is 6.35. The number of nitrogens with one attached hydrogen (secondary N) is 1. The van der Waals surface area contributed by atoms with Gasteiger partial charge in [-0.3, -0.25) is 14.3 Å². The fourth-order valence-corrected chi connectivity index (χ4v) is 4.69. The van der Waals surface area contributed by atoms with Gasteiger partial charge in [0, 0.05) is 12.6 Å².